The number of aryl methyl sites for hydroxylation is 2. The van der Waals surface area contributed by atoms with Gasteiger partial charge >= 0.3 is 5.97 Å². The van der Waals surface area contributed by atoms with Crippen LogP contribution in [0.1, 0.15) is 44.5 Å². The maximum Gasteiger partial charge on any atom is 0.310 e. The number of rotatable bonds is 6. The van der Waals surface area contributed by atoms with E-state index in [1.54, 1.807) is 27.7 Å². The minimum Gasteiger partial charge on any atom is -0.481 e. The van der Waals surface area contributed by atoms with Gasteiger partial charge in [0, 0.05) is 6.42 Å². The standard InChI is InChI=1S/C14H22N2O4/c1-8(2)14(5,13(18)19)6-11(17)15-7-12-16-9(3)10(4)20-12/h8H,6-7H2,1-5H3,(H,15,17)(H,18,19). The van der Waals surface area contributed by atoms with E-state index in [4.69, 9.17) is 4.42 Å². The lowest BCUT2D eigenvalue weighted by atomic mass is 9.76. The Morgan fingerprint density at radius 1 is 1.40 bits per heavy atom. The molecule has 0 saturated carbocycles. The van der Waals surface area contributed by atoms with Gasteiger partial charge in [-0.1, -0.05) is 13.8 Å². The Labute approximate surface area is 118 Å². The first-order valence-corrected chi connectivity index (χ1v) is 6.59. The molecule has 20 heavy (non-hydrogen) atoms. The van der Waals surface area contributed by atoms with Gasteiger partial charge in [-0.15, -0.1) is 0 Å². The van der Waals surface area contributed by atoms with Crippen LogP contribution in [0.4, 0.5) is 0 Å². The van der Waals surface area contributed by atoms with Crippen molar-refractivity contribution < 1.29 is 19.1 Å². The third kappa shape index (κ3) is 3.59. The van der Waals surface area contributed by atoms with Gasteiger partial charge in [0.15, 0.2) is 0 Å². The van der Waals surface area contributed by atoms with Crippen LogP contribution in [0.25, 0.3) is 0 Å². The molecule has 1 atom stereocenters. The smallest absolute Gasteiger partial charge is 0.310 e. The molecule has 1 heterocycles. The Hall–Kier alpha value is -1.85. The van der Waals surface area contributed by atoms with Gasteiger partial charge < -0.3 is 14.8 Å². The van der Waals surface area contributed by atoms with Crippen molar-refractivity contribution in [2.45, 2.75) is 47.6 Å². The van der Waals surface area contributed by atoms with Gasteiger partial charge in [-0.2, -0.15) is 0 Å². The zero-order chi connectivity index (χ0) is 15.5. The zero-order valence-corrected chi connectivity index (χ0v) is 12.6. The lowest BCUT2D eigenvalue weighted by molar-refractivity contribution is -0.153. The summed E-state index contributed by atoms with van der Waals surface area (Å²) in [5.74, 6) is -0.290. The summed E-state index contributed by atoms with van der Waals surface area (Å²) < 4.78 is 5.35. The number of carboxylic acid groups (broad SMARTS) is 1. The van der Waals surface area contributed by atoms with Gasteiger partial charge in [0.25, 0.3) is 0 Å². The number of amides is 1. The fourth-order valence-electron chi connectivity index (χ4n) is 1.71. The highest BCUT2D eigenvalue weighted by atomic mass is 16.4. The quantitative estimate of drug-likeness (QED) is 0.833. The summed E-state index contributed by atoms with van der Waals surface area (Å²) in [5.41, 5.74) is -0.293. The summed E-state index contributed by atoms with van der Waals surface area (Å²) in [4.78, 5) is 27.3. The van der Waals surface area contributed by atoms with Crippen molar-refractivity contribution in [1.82, 2.24) is 10.3 Å². The van der Waals surface area contributed by atoms with E-state index < -0.39 is 11.4 Å². The molecule has 1 rings (SSSR count). The number of hydrogen-bond acceptors (Lipinski definition) is 4. The fourth-order valence-corrected chi connectivity index (χ4v) is 1.71. The van der Waals surface area contributed by atoms with Crippen molar-refractivity contribution in [2.24, 2.45) is 11.3 Å². The third-order valence-corrected chi connectivity index (χ3v) is 3.80. The molecule has 1 aromatic heterocycles. The van der Waals surface area contributed by atoms with E-state index >= 15 is 0 Å². The number of aliphatic carboxylic acids is 1. The van der Waals surface area contributed by atoms with Crippen LogP contribution in [0.5, 0.6) is 0 Å². The zero-order valence-electron chi connectivity index (χ0n) is 12.6. The number of carbonyl (C=O) groups is 2. The average Bonchev–Trinajstić information content (AvgIpc) is 2.65. The van der Waals surface area contributed by atoms with Crippen LogP contribution in [0, 0.1) is 25.2 Å². The van der Waals surface area contributed by atoms with Gasteiger partial charge in [0.05, 0.1) is 17.7 Å². The monoisotopic (exact) mass is 282 g/mol. The molecule has 0 aliphatic heterocycles. The molecule has 6 heteroatoms. The topological polar surface area (TPSA) is 92.4 Å². The van der Waals surface area contributed by atoms with E-state index in [-0.39, 0.29) is 24.8 Å². The highest BCUT2D eigenvalue weighted by molar-refractivity contribution is 5.84. The molecule has 1 amide bonds. The SMILES string of the molecule is Cc1nc(CNC(=O)CC(C)(C(=O)O)C(C)C)oc1C. The lowest BCUT2D eigenvalue weighted by Crippen LogP contribution is -2.39. The Balaban J connectivity index is 2.61. The summed E-state index contributed by atoms with van der Waals surface area (Å²) in [6, 6.07) is 0. The van der Waals surface area contributed by atoms with Crippen LogP contribution in [-0.2, 0) is 16.1 Å². The summed E-state index contributed by atoms with van der Waals surface area (Å²) in [6.45, 7) is 8.96. The van der Waals surface area contributed by atoms with Crippen molar-refractivity contribution in [3.63, 3.8) is 0 Å². The first-order valence-electron chi connectivity index (χ1n) is 6.59. The van der Waals surface area contributed by atoms with Crippen molar-refractivity contribution >= 4 is 11.9 Å². The molecule has 0 aliphatic rings. The molecule has 0 spiro atoms. The first kappa shape index (κ1) is 16.2. The van der Waals surface area contributed by atoms with Gasteiger partial charge in [-0.25, -0.2) is 4.98 Å². The molecule has 0 bridgehead atoms. The molecule has 1 unspecified atom stereocenters. The Morgan fingerprint density at radius 3 is 2.40 bits per heavy atom. The normalized spacial score (nSPS) is 14.1. The van der Waals surface area contributed by atoms with Crippen LogP contribution in [-0.4, -0.2) is 22.0 Å². The molecule has 2 N–H and O–H groups in total. The minimum absolute atomic E-state index is 0.0708. The van der Waals surface area contributed by atoms with E-state index in [0.717, 1.165) is 5.69 Å². The molecule has 0 aliphatic carbocycles. The van der Waals surface area contributed by atoms with Crippen molar-refractivity contribution in [3.8, 4) is 0 Å². The van der Waals surface area contributed by atoms with Crippen LogP contribution < -0.4 is 5.32 Å². The van der Waals surface area contributed by atoms with Gasteiger partial charge in [0.2, 0.25) is 11.8 Å². The second-order valence-electron chi connectivity index (χ2n) is 5.58. The van der Waals surface area contributed by atoms with Gasteiger partial charge in [-0.3, -0.25) is 9.59 Å². The summed E-state index contributed by atoms with van der Waals surface area (Å²) in [7, 11) is 0. The van der Waals surface area contributed by atoms with Gasteiger partial charge in [0.1, 0.15) is 5.76 Å². The number of nitrogens with one attached hydrogen (secondary N) is 1. The molecule has 112 valence electrons. The van der Waals surface area contributed by atoms with Gasteiger partial charge in [-0.05, 0) is 26.7 Å². The van der Waals surface area contributed by atoms with Crippen LogP contribution in [0.2, 0.25) is 0 Å². The molecule has 1 aromatic rings. The molecule has 0 radical (unpaired) electrons. The molecular formula is C14H22N2O4. The second kappa shape index (κ2) is 6.07. The van der Waals surface area contributed by atoms with Crippen LogP contribution in [0.15, 0.2) is 4.42 Å². The Bertz CT molecular complexity index is 488. The number of carbonyl (C=O) groups excluding carboxylic acids is 1. The highest BCUT2D eigenvalue weighted by Gasteiger charge is 2.38. The summed E-state index contributed by atoms with van der Waals surface area (Å²) in [6.07, 6.45) is -0.0708. The lowest BCUT2D eigenvalue weighted by Gasteiger charge is -2.28. The average molecular weight is 282 g/mol. The first-order chi connectivity index (χ1) is 9.16. The van der Waals surface area contributed by atoms with E-state index in [0.29, 0.717) is 11.7 Å². The third-order valence-electron chi connectivity index (χ3n) is 3.80. The Morgan fingerprint density at radius 2 is 2.00 bits per heavy atom. The summed E-state index contributed by atoms with van der Waals surface area (Å²) in [5, 5.41) is 11.9. The maximum absolute atomic E-state index is 11.9. The molecular weight excluding hydrogens is 260 g/mol. The van der Waals surface area contributed by atoms with E-state index in [9.17, 15) is 14.7 Å². The van der Waals surface area contributed by atoms with E-state index in [1.807, 2.05) is 6.92 Å². The second-order valence-corrected chi connectivity index (χ2v) is 5.58. The number of nitrogens with zero attached hydrogens (tertiary/aromatic N) is 1. The van der Waals surface area contributed by atoms with E-state index in [1.165, 1.54) is 0 Å². The predicted octanol–water partition coefficient (Wildman–Crippen LogP) is 2.04. The molecule has 0 aromatic carbocycles. The minimum atomic E-state index is -1.08. The Kier molecular flexibility index (Phi) is 4.92. The largest absolute Gasteiger partial charge is 0.481 e. The number of aromatic nitrogens is 1. The molecule has 6 nitrogen and oxygen atoms in total. The van der Waals surface area contributed by atoms with Crippen molar-refractivity contribution in [1.29, 1.82) is 0 Å². The van der Waals surface area contributed by atoms with Crippen molar-refractivity contribution in [3.05, 3.63) is 17.3 Å². The summed E-state index contributed by atoms with van der Waals surface area (Å²) >= 11 is 0. The molecule has 0 fully saturated rings. The highest BCUT2D eigenvalue weighted by Crippen LogP contribution is 2.31. The molecule has 0 saturated heterocycles. The van der Waals surface area contributed by atoms with E-state index in [2.05, 4.69) is 10.3 Å². The fraction of sp³-hybridized carbons (Fsp3) is 0.643. The predicted molar refractivity (Wildman–Crippen MR) is 73.0 cm³/mol. The number of carboxylic acids is 1. The van der Waals surface area contributed by atoms with Crippen molar-refractivity contribution in [2.75, 3.05) is 0 Å². The number of hydrogen-bond donors (Lipinski definition) is 2. The van der Waals surface area contributed by atoms with Crippen LogP contribution in [0.3, 0.4) is 0 Å². The maximum atomic E-state index is 11.9. The number of oxazole rings is 1. The van der Waals surface area contributed by atoms with Crippen LogP contribution >= 0.6 is 0 Å².